The van der Waals surface area contributed by atoms with Crippen molar-refractivity contribution >= 4 is 60.4 Å². The molecule has 0 radical (unpaired) electrons. The number of aliphatic hydroxyl groups excluding tert-OH is 1. The zero-order chi connectivity index (χ0) is 43.3. The number of aryl methyl sites for hydroxylation is 2. The first kappa shape index (κ1) is 41.4. The summed E-state index contributed by atoms with van der Waals surface area (Å²) in [6.45, 7) is 5.92. The Hall–Kier alpha value is -5.92. The third-order valence-corrected chi connectivity index (χ3v) is 15.7. The maximum absolute atomic E-state index is 15.6. The van der Waals surface area contributed by atoms with Crippen LogP contribution in [0.3, 0.4) is 0 Å². The molecule has 2 N–H and O–H groups in total. The minimum absolute atomic E-state index is 0.000629. The van der Waals surface area contributed by atoms with Crippen LogP contribution in [0.15, 0.2) is 121 Å². The van der Waals surface area contributed by atoms with E-state index in [1.807, 2.05) is 141 Å². The Kier molecular flexibility index (Phi) is 11.0. The van der Waals surface area contributed by atoms with Crippen LogP contribution >= 0.6 is 0 Å². The van der Waals surface area contributed by atoms with Crippen molar-refractivity contribution in [3.63, 3.8) is 0 Å². The van der Waals surface area contributed by atoms with Gasteiger partial charge in [-0.15, -0.1) is 0 Å². The van der Waals surface area contributed by atoms with E-state index in [2.05, 4.69) is 0 Å². The van der Waals surface area contributed by atoms with Crippen LogP contribution in [0, 0.1) is 5.92 Å². The number of nitrogens with zero attached hydrogens (tertiary/aromatic N) is 4. The molecule has 0 aliphatic carbocycles. The van der Waals surface area contributed by atoms with E-state index in [9.17, 15) is 24.3 Å². The first-order valence-corrected chi connectivity index (χ1v) is 24.6. The molecule has 4 heterocycles. The van der Waals surface area contributed by atoms with Gasteiger partial charge in [0.25, 0.3) is 5.91 Å². The molecule has 4 amide bonds. The van der Waals surface area contributed by atoms with Gasteiger partial charge in [0.1, 0.15) is 0 Å². The number of amides is 4. The van der Waals surface area contributed by atoms with Crippen molar-refractivity contribution in [2.24, 2.45) is 5.92 Å². The maximum Gasteiger partial charge on any atom is 0.264 e. The fourth-order valence-corrected chi connectivity index (χ4v) is 13.0. The Morgan fingerprint density at radius 3 is 1.97 bits per heavy atom. The van der Waals surface area contributed by atoms with Crippen LogP contribution in [0.4, 0.5) is 28.4 Å². The fourth-order valence-electron chi connectivity index (χ4n) is 10.5. The SMILES string of the molecule is C[C@H]1[C@H]([Si](C)(C)O)[C@@H](CC(=O)N(CCO)Cc2ccccc2)O[C@]12C(=O)N(Cc1cccc(N3C(=O)CCc4ccccc43)c1)c1ccc(N3C(=O)CCc4ccccc43)cc12. The van der Waals surface area contributed by atoms with Crippen molar-refractivity contribution in [3.05, 3.63) is 149 Å². The van der Waals surface area contributed by atoms with Crippen molar-refractivity contribution < 1.29 is 33.8 Å². The van der Waals surface area contributed by atoms with E-state index in [4.69, 9.17) is 4.74 Å². The van der Waals surface area contributed by atoms with Gasteiger partial charge in [0.15, 0.2) is 13.9 Å². The quantitative estimate of drug-likeness (QED) is 0.131. The molecular weight excluding hydrogens is 797 g/mol. The molecule has 0 unspecified atom stereocenters. The highest BCUT2D eigenvalue weighted by atomic mass is 28.4. The zero-order valence-electron chi connectivity index (χ0n) is 35.4. The first-order valence-electron chi connectivity index (χ1n) is 21.6. The Morgan fingerprint density at radius 2 is 1.34 bits per heavy atom. The summed E-state index contributed by atoms with van der Waals surface area (Å²) in [5, 5.41) is 10.0. The number of carbonyl (C=O) groups excluding carboxylic acids is 4. The van der Waals surface area contributed by atoms with E-state index in [-0.39, 0.29) is 56.3 Å². The van der Waals surface area contributed by atoms with Crippen LogP contribution in [0.5, 0.6) is 0 Å². The van der Waals surface area contributed by atoms with E-state index in [1.54, 1.807) is 19.6 Å². The molecule has 12 heteroatoms. The number of benzene rings is 5. The Bertz CT molecular complexity index is 2560. The normalized spacial score (nSPS) is 21.9. The molecule has 4 aliphatic heterocycles. The van der Waals surface area contributed by atoms with Crippen molar-refractivity contribution in [2.45, 2.75) is 82.5 Å². The summed E-state index contributed by atoms with van der Waals surface area (Å²) in [6, 6.07) is 38.7. The van der Waals surface area contributed by atoms with Crippen molar-refractivity contribution in [1.82, 2.24) is 4.90 Å². The molecule has 318 valence electrons. The molecule has 5 aromatic rings. The van der Waals surface area contributed by atoms with Gasteiger partial charge >= 0.3 is 0 Å². The molecule has 11 nitrogen and oxygen atoms in total. The summed E-state index contributed by atoms with van der Waals surface area (Å²) in [5.41, 5.74) is 5.85. The number of hydrogen-bond acceptors (Lipinski definition) is 7. The number of para-hydroxylation sites is 2. The molecule has 4 aliphatic rings. The Morgan fingerprint density at radius 1 is 0.742 bits per heavy atom. The lowest BCUT2D eigenvalue weighted by Gasteiger charge is -2.33. The first-order chi connectivity index (χ1) is 29.9. The average Bonchev–Trinajstić information content (AvgIpc) is 3.69. The number of hydrogen-bond donors (Lipinski definition) is 2. The van der Waals surface area contributed by atoms with Gasteiger partial charge in [-0.1, -0.05) is 85.8 Å². The molecule has 5 aromatic carbocycles. The Labute approximate surface area is 363 Å². The second-order valence-electron chi connectivity index (χ2n) is 17.6. The molecule has 0 aromatic heterocycles. The molecule has 1 saturated heterocycles. The summed E-state index contributed by atoms with van der Waals surface area (Å²) < 4.78 is 7.15. The molecule has 9 rings (SSSR count). The van der Waals surface area contributed by atoms with Crippen molar-refractivity contribution in [1.29, 1.82) is 0 Å². The third kappa shape index (κ3) is 7.24. The Balaban J connectivity index is 1.12. The van der Waals surface area contributed by atoms with Gasteiger partial charge in [-0.25, -0.2) is 0 Å². The maximum atomic E-state index is 15.6. The van der Waals surface area contributed by atoms with Crippen LogP contribution in [0.25, 0.3) is 0 Å². The molecular formula is C50H52N4O7Si. The largest absolute Gasteiger partial charge is 0.432 e. The summed E-state index contributed by atoms with van der Waals surface area (Å²) in [6.07, 6.45) is 1.10. The smallest absolute Gasteiger partial charge is 0.264 e. The van der Waals surface area contributed by atoms with Crippen LogP contribution in [0.2, 0.25) is 18.6 Å². The van der Waals surface area contributed by atoms with Crippen molar-refractivity contribution in [3.8, 4) is 0 Å². The van der Waals surface area contributed by atoms with E-state index in [1.165, 1.54) is 0 Å². The minimum atomic E-state index is -3.17. The van der Waals surface area contributed by atoms with Crippen LogP contribution < -0.4 is 14.7 Å². The number of aliphatic hydroxyl groups is 1. The molecule has 4 atom stereocenters. The summed E-state index contributed by atoms with van der Waals surface area (Å²) in [5.74, 6) is -1.20. The zero-order valence-corrected chi connectivity index (χ0v) is 36.4. The lowest BCUT2D eigenvalue weighted by molar-refractivity contribution is -0.150. The molecule has 0 bridgehead atoms. The second kappa shape index (κ2) is 16.4. The van der Waals surface area contributed by atoms with Crippen LogP contribution in [0.1, 0.15) is 54.0 Å². The highest BCUT2D eigenvalue weighted by Crippen LogP contribution is 2.60. The number of carbonyl (C=O) groups is 4. The monoisotopic (exact) mass is 848 g/mol. The van der Waals surface area contributed by atoms with E-state index < -0.39 is 31.5 Å². The molecule has 1 fully saturated rings. The van der Waals surface area contributed by atoms with Crippen LogP contribution in [-0.2, 0) is 55.4 Å². The predicted molar refractivity (Wildman–Crippen MR) is 241 cm³/mol. The van der Waals surface area contributed by atoms with Gasteiger partial charge < -0.3 is 24.4 Å². The number of anilines is 5. The van der Waals surface area contributed by atoms with Gasteiger partial charge in [-0.3, -0.25) is 29.0 Å². The minimum Gasteiger partial charge on any atom is -0.432 e. The third-order valence-electron chi connectivity index (χ3n) is 13.2. The standard InChI is InChI=1S/C50H52N4O7Si/c1-33-48(62(2,3)60)44(30-47(58)51(26-27-55)31-34-12-5-4-6-13-34)61-50(33)40-29-39(54-42-19-10-8-16-37(42)21-25-46(54)57)22-23-43(40)52(49(50)59)32-35-14-11-17-38(28-35)53-41-18-9-7-15-36(41)20-24-45(53)56/h4-19,22-23,28-29,33,44,48,55,60H,20-21,24-27,30-32H2,1-3H3/t33-,44+,48-,50+/m0/s1. The van der Waals surface area contributed by atoms with Gasteiger partial charge in [0, 0.05) is 54.3 Å². The number of rotatable bonds is 11. The highest BCUT2D eigenvalue weighted by Gasteiger charge is 2.66. The number of ether oxygens (including phenoxy) is 1. The molecule has 62 heavy (non-hydrogen) atoms. The average molecular weight is 849 g/mol. The van der Waals surface area contributed by atoms with Gasteiger partial charge in [-0.2, -0.15) is 0 Å². The predicted octanol–water partition coefficient (Wildman–Crippen LogP) is 7.66. The van der Waals surface area contributed by atoms with Gasteiger partial charge in [0.2, 0.25) is 17.7 Å². The van der Waals surface area contributed by atoms with E-state index in [0.717, 1.165) is 33.6 Å². The van der Waals surface area contributed by atoms with Gasteiger partial charge in [-0.05, 0) is 90.7 Å². The summed E-state index contributed by atoms with van der Waals surface area (Å²) in [7, 11) is -3.17. The molecule has 1 spiro atoms. The summed E-state index contributed by atoms with van der Waals surface area (Å²) in [4.78, 5) is 76.0. The molecule has 0 saturated carbocycles. The van der Waals surface area contributed by atoms with E-state index in [0.29, 0.717) is 48.3 Å². The highest BCUT2D eigenvalue weighted by molar-refractivity contribution is 6.71. The lowest BCUT2D eigenvalue weighted by atomic mass is 9.82. The summed E-state index contributed by atoms with van der Waals surface area (Å²) >= 11 is 0. The van der Waals surface area contributed by atoms with E-state index >= 15 is 4.79 Å². The lowest BCUT2D eigenvalue weighted by Crippen LogP contribution is -2.46. The van der Waals surface area contributed by atoms with Crippen molar-refractivity contribution in [2.75, 3.05) is 27.9 Å². The fraction of sp³-hybridized carbons (Fsp3) is 0.320. The topological polar surface area (TPSA) is 131 Å². The number of fused-ring (bicyclic) bond motifs is 4. The second-order valence-corrected chi connectivity index (χ2v) is 21.5. The van der Waals surface area contributed by atoms with Crippen LogP contribution in [-0.4, -0.2) is 66.0 Å². The van der Waals surface area contributed by atoms with Gasteiger partial charge in [0.05, 0.1) is 42.7 Å².